The van der Waals surface area contributed by atoms with E-state index in [0.29, 0.717) is 5.76 Å². The molecule has 1 aromatic rings. The van der Waals surface area contributed by atoms with Crippen LogP contribution in [-0.4, -0.2) is 23.0 Å². The lowest BCUT2D eigenvalue weighted by atomic mass is 10.1. The summed E-state index contributed by atoms with van der Waals surface area (Å²) >= 11 is 0. The van der Waals surface area contributed by atoms with Crippen LogP contribution >= 0.6 is 0 Å². The van der Waals surface area contributed by atoms with E-state index >= 15 is 0 Å². The van der Waals surface area contributed by atoms with Gasteiger partial charge in [-0.15, -0.1) is 0 Å². The zero-order valence-corrected chi connectivity index (χ0v) is 9.55. The number of carbonyl (C=O) groups is 2. The molecule has 1 rings (SSSR count). The summed E-state index contributed by atoms with van der Waals surface area (Å²) in [6.07, 6.45) is 1.51. The van der Waals surface area contributed by atoms with Gasteiger partial charge in [-0.25, -0.2) is 0 Å². The van der Waals surface area contributed by atoms with Crippen molar-refractivity contribution in [2.75, 3.05) is 0 Å². The Morgan fingerprint density at radius 1 is 1.59 bits per heavy atom. The lowest BCUT2D eigenvalue weighted by Gasteiger charge is -2.15. The highest BCUT2D eigenvalue weighted by molar-refractivity contribution is 5.82. The van der Waals surface area contributed by atoms with Gasteiger partial charge in [0, 0.05) is 6.42 Å². The van der Waals surface area contributed by atoms with E-state index in [9.17, 15) is 9.59 Å². The van der Waals surface area contributed by atoms with Crippen LogP contribution < -0.4 is 11.1 Å². The first kappa shape index (κ1) is 13.2. The molecule has 1 heterocycles. The average Bonchev–Trinajstić information content (AvgIpc) is 2.78. The molecule has 0 radical (unpaired) electrons. The predicted molar refractivity (Wildman–Crippen MR) is 60.1 cm³/mol. The highest BCUT2D eigenvalue weighted by atomic mass is 16.4. The first-order chi connectivity index (χ1) is 8.00. The van der Waals surface area contributed by atoms with Crippen LogP contribution in [0.25, 0.3) is 0 Å². The second-order valence-corrected chi connectivity index (χ2v) is 3.78. The average molecular weight is 240 g/mol. The van der Waals surface area contributed by atoms with Gasteiger partial charge in [-0.3, -0.25) is 9.59 Å². The Morgan fingerprint density at radius 3 is 2.82 bits per heavy atom. The number of carboxylic acid groups (broad SMARTS) is 1. The van der Waals surface area contributed by atoms with Crippen molar-refractivity contribution in [3.63, 3.8) is 0 Å². The minimum atomic E-state index is -0.965. The normalized spacial score (nSPS) is 14.0. The molecule has 4 N–H and O–H groups in total. The van der Waals surface area contributed by atoms with Crippen molar-refractivity contribution in [2.45, 2.75) is 31.8 Å². The van der Waals surface area contributed by atoms with Crippen molar-refractivity contribution in [2.24, 2.45) is 5.73 Å². The maximum atomic E-state index is 11.6. The third-order valence-electron chi connectivity index (χ3n) is 2.33. The Morgan fingerprint density at radius 2 is 2.29 bits per heavy atom. The zero-order chi connectivity index (χ0) is 12.8. The lowest BCUT2D eigenvalue weighted by Crippen LogP contribution is -2.41. The third kappa shape index (κ3) is 4.28. The molecular formula is C11H16N2O4. The van der Waals surface area contributed by atoms with E-state index in [0.717, 1.165) is 0 Å². The van der Waals surface area contributed by atoms with Crippen LogP contribution in [0.2, 0.25) is 0 Å². The molecule has 6 nitrogen and oxygen atoms in total. The summed E-state index contributed by atoms with van der Waals surface area (Å²) in [5, 5.41) is 11.1. The molecule has 6 heteroatoms. The quantitative estimate of drug-likeness (QED) is 0.677. The van der Waals surface area contributed by atoms with Crippen LogP contribution in [0.5, 0.6) is 0 Å². The molecule has 0 saturated carbocycles. The van der Waals surface area contributed by atoms with Gasteiger partial charge in [0.15, 0.2) is 0 Å². The van der Waals surface area contributed by atoms with Crippen LogP contribution in [0.15, 0.2) is 22.8 Å². The van der Waals surface area contributed by atoms with Gasteiger partial charge in [0.25, 0.3) is 0 Å². The molecule has 94 valence electrons. The van der Waals surface area contributed by atoms with Crippen molar-refractivity contribution in [3.05, 3.63) is 24.2 Å². The molecule has 0 bridgehead atoms. The highest BCUT2D eigenvalue weighted by Crippen LogP contribution is 2.12. The van der Waals surface area contributed by atoms with E-state index in [1.165, 1.54) is 6.26 Å². The van der Waals surface area contributed by atoms with Crippen LogP contribution in [0.3, 0.4) is 0 Å². The second-order valence-electron chi connectivity index (χ2n) is 3.78. The maximum absolute atomic E-state index is 11.6. The molecule has 0 fully saturated rings. The summed E-state index contributed by atoms with van der Waals surface area (Å²) < 4.78 is 5.12. The summed E-state index contributed by atoms with van der Waals surface area (Å²) in [6.45, 7) is 1.76. The van der Waals surface area contributed by atoms with Crippen molar-refractivity contribution < 1.29 is 19.1 Å². The maximum Gasteiger partial charge on any atom is 0.303 e. The molecule has 1 amide bonds. The predicted octanol–water partition coefficient (Wildman–Crippen LogP) is 0.649. The molecule has 1 unspecified atom stereocenters. The molecule has 0 aliphatic rings. The summed E-state index contributed by atoms with van der Waals surface area (Å²) in [5.41, 5.74) is 5.56. The van der Waals surface area contributed by atoms with Gasteiger partial charge in [-0.05, 0) is 25.5 Å². The van der Waals surface area contributed by atoms with Gasteiger partial charge < -0.3 is 20.6 Å². The van der Waals surface area contributed by atoms with Crippen LogP contribution in [0, 0.1) is 0 Å². The van der Waals surface area contributed by atoms with Crippen molar-refractivity contribution in [1.29, 1.82) is 0 Å². The van der Waals surface area contributed by atoms with Gasteiger partial charge >= 0.3 is 5.97 Å². The second kappa shape index (κ2) is 6.05. The molecule has 0 aromatic carbocycles. The van der Waals surface area contributed by atoms with Crippen LogP contribution in [0.4, 0.5) is 0 Å². The number of hydrogen-bond donors (Lipinski definition) is 3. The molecule has 0 saturated heterocycles. The molecule has 1 aromatic heterocycles. The lowest BCUT2D eigenvalue weighted by molar-refractivity contribution is -0.137. The zero-order valence-electron chi connectivity index (χ0n) is 9.55. The monoisotopic (exact) mass is 240 g/mol. The Hall–Kier alpha value is -1.82. The van der Waals surface area contributed by atoms with Crippen molar-refractivity contribution >= 4 is 11.9 Å². The largest absolute Gasteiger partial charge is 0.481 e. The molecule has 0 aliphatic carbocycles. The van der Waals surface area contributed by atoms with E-state index in [-0.39, 0.29) is 24.8 Å². The fourth-order valence-electron chi connectivity index (χ4n) is 1.34. The van der Waals surface area contributed by atoms with Crippen molar-refractivity contribution in [1.82, 2.24) is 5.32 Å². The number of amides is 1. The van der Waals surface area contributed by atoms with Crippen molar-refractivity contribution in [3.8, 4) is 0 Å². The Kier molecular flexibility index (Phi) is 4.71. The van der Waals surface area contributed by atoms with Gasteiger partial charge in [-0.2, -0.15) is 0 Å². The van der Waals surface area contributed by atoms with Gasteiger partial charge in [0.1, 0.15) is 5.76 Å². The Balaban J connectivity index is 2.40. The van der Waals surface area contributed by atoms with E-state index < -0.39 is 12.0 Å². The van der Waals surface area contributed by atoms with E-state index in [4.69, 9.17) is 15.3 Å². The molecule has 0 aliphatic heterocycles. The summed E-state index contributed by atoms with van der Waals surface area (Å²) in [7, 11) is 0. The molecular weight excluding hydrogens is 224 g/mol. The number of rotatable bonds is 6. The summed E-state index contributed by atoms with van der Waals surface area (Å²) in [4.78, 5) is 21.9. The Bertz CT molecular complexity index is 375. The highest BCUT2D eigenvalue weighted by Gasteiger charge is 2.18. The van der Waals surface area contributed by atoms with E-state index in [1.54, 1.807) is 19.1 Å². The molecule has 17 heavy (non-hydrogen) atoms. The van der Waals surface area contributed by atoms with Crippen LogP contribution in [-0.2, 0) is 9.59 Å². The number of carboxylic acids is 1. The van der Waals surface area contributed by atoms with Gasteiger partial charge in [0.2, 0.25) is 5.91 Å². The number of nitrogens with two attached hydrogens (primary N) is 1. The number of carbonyl (C=O) groups excluding carboxylic acids is 1. The fraction of sp³-hybridized carbons (Fsp3) is 0.455. The first-order valence-corrected chi connectivity index (χ1v) is 5.32. The number of furan rings is 1. The number of aliphatic carboxylic acids is 1. The smallest absolute Gasteiger partial charge is 0.303 e. The SMILES string of the molecule is C[C@@H](NC(=O)C(N)CCC(=O)O)c1ccco1. The van der Waals surface area contributed by atoms with Crippen LogP contribution in [0.1, 0.15) is 31.6 Å². The summed E-state index contributed by atoms with van der Waals surface area (Å²) in [5.74, 6) is -0.716. The minimum absolute atomic E-state index is 0.117. The number of nitrogens with one attached hydrogen (secondary N) is 1. The first-order valence-electron chi connectivity index (χ1n) is 5.32. The minimum Gasteiger partial charge on any atom is -0.481 e. The molecule has 2 atom stereocenters. The van der Waals surface area contributed by atoms with E-state index in [2.05, 4.69) is 5.32 Å². The van der Waals surface area contributed by atoms with E-state index in [1.807, 2.05) is 0 Å². The number of hydrogen-bond acceptors (Lipinski definition) is 4. The third-order valence-corrected chi connectivity index (χ3v) is 2.33. The Labute approximate surface area is 98.8 Å². The standard InChI is InChI=1S/C11H16N2O4/c1-7(9-3-2-6-17-9)13-11(16)8(12)4-5-10(14)15/h2-3,6-8H,4-5,12H2,1H3,(H,13,16)(H,14,15)/t7-,8?/m1/s1. The summed E-state index contributed by atoms with van der Waals surface area (Å²) in [6, 6.07) is 2.37. The van der Waals surface area contributed by atoms with Gasteiger partial charge in [0.05, 0.1) is 18.3 Å². The topological polar surface area (TPSA) is 106 Å². The molecule has 0 spiro atoms. The van der Waals surface area contributed by atoms with Gasteiger partial charge in [-0.1, -0.05) is 0 Å². The fourth-order valence-corrected chi connectivity index (χ4v) is 1.34.